The summed E-state index contributed by atoms with van der Waals surface area (Å²) < 4.78 is 16.5. The molecule has 0 spiro atoms. The van der Waals surface area contributed by atoms with Gasteiger partial charge < -0.3 is 14.2 Å². The van der Waals surface area contributed by atoms with Gasteiger partial charge in [-0.25, -0.2) is 4.79 Å². The number of para-hydroxylation sites is 1. The Morgan fingerprint density at radius 3 is 2.75 bits per heavy atom. The molecule has 5 nitrogen and oxygen atoms in total. The van der Waals surface area contributed by atoms with Crippen molar-refractivity contribution in [3.63, 3.8) is 0 Å². The number of ether oxygens (including phenoxy) is 3. The van der Waals surface area contributed by atoms with Crippen LogP contribution in [-0.2, 0) is 10.5 Å². The number of rotatable bonds is 4. The molecule has 0 saturated carbocycles. The van der Waals surface area contributed by atoms with E-state index >= 15 is 0 Å². The number of benzene rings is 2. The molecule has 6 heteroatoms. The van der Waals surface area contributed by atoms with Gasteiger partial charge in [0.1, 0.15) is 0 Å². The van der Waals surface area contributed by atoms with E-state index in [4.69, 9.17) is 19.2 Å². The molecule has 0 N–H and O–H groups in total. The number of thioether (sulfide) groups is 1. The molecule has 1 aliphatic heterocycles. The number of aryl methyl sites for hydroxylation is 1. The second-order valence-electron chi connectivity index (χ2n) is 6.51. The molecule has 0 amide bonds. The minimum absolute atomic E-state index is 0.356. The highest BCUT2D eigenvalue weighted by Crippen LogP contribution is 2.35. The fourth-order valence-corrected chi connectivity index (χ4v) is 4.17. The summed E-state index contributed by atoms with van der Waals surface area (Å²) in [7, 11) is 1.40. The highest BCUT2D eigenvalue weighted by molar-refractivity contribution is 7.98. The predicted octanol–water partition coefficient (Wildman–Crippen LogP) is 4.78. The van der Waals surface area contributed by atoms with Crippen LogP contribution in [0, 0.1) is 6.92 Å². The van der Waals surface area contributed by atoms with E-state index in [1.807, 2.05) is 49.4 Å². The van der Waals surface area contributed by atoms with E-state index in [2.05, 4.69) is 0 Å². The smallest absolute Gasteiger partial charge is 0.340 e. The number of nitrogens with zero attached hydrogens (tertiary/aromatic N) is 1. The van der Waals surface area contributed by atoms with Crippen molar-refractivity contribution in [3.05, 3.63) is 59.3 Å². The lowest BCUT2D eigenvalue weighted by Gasteiger charge is -2.13. The first kappa shape index (κ1) is 18.6. The molecular weight excluding hydrogens is 374 g/mol. The zero-order valence-electron chi connectivity index (χ0n) is 15.9. The SMILES string of the molecule is COC(=O)c1c(CSc2ccc3c(c2)OCCCO3)nc2ccccc2c1C. The predicted molar refractivity (Wildman–Crippen MR) is 109 cm³/mol. The Balaban J connectivity index is 1.66. The zero-order chi connectivity index (χ0) is 19.5. The quantitative estimate of drug-likeness (QED) is 0.468. The van der Waals surface area contributed by atoms with Crippen LogP contribution in [0.2, 0.25) is 0 Å². The Hall–Kier alpha value is -2.73. The van der Waals surface area contributed by atoms with Gasteiger partial charge in [0, 0.05) is 22.5 Å². The fourth-order valence-electron chi connectivity index (χ4n) is 3.30. The number of carbonyl (C=O) groups is 1. The summed E-state index contributed by atoms with van der Waals surface area (Å²) in [5.41, 5.74) is 3.04. The zero-order valence-corrected chi connectivity index (χ0v) is 16.7. The molecule has 4 rings (SSSR count). The number of esters is 1. The third-order valence-electron chi connectivity index (χ3n) is 4.71. The molecule has 0 bridgehead atoms. The standard InChI is InChI=1S/C22H21NO4S/c1-14-16-6-3-4-7-17(16)23-18(21(14)22(24)25-2)13-28-15-8-9-19-20(12-15)27-11-5-10-26-19/h3-4,6-9,12H,5,10-11,13H2,1-2H3. The summed E-state index contributed by atoms with van der Waals surface area (Å²) in [4.78, 5) is 18.2. The number of hydrogen-bond donors (Lipinski definition) is 0. The summed E-state index contributed by atoms with van der Waals surface area (Å²) in [5.74, 6) is 1.73. The van der Waals surface area contributed by atoms with Gasteiger partial charge in [0.2, 0.25) is 0 Å². The second-order valence-corrected chi connectivity index (χ2v) is 7.56. The van der Waals surface area contributed by atoms with Crippen LogP contribution in [0.4, 0.5) is 0 Å². The van der Waals surface area contributed by atoms with Crippen LogP contribution in [0.5, 0.6) is 11.5 Å². The Kier molecular flexibility index (Phi) is 5.39. The molecule has 144 valence electrons. The molecule has 0 fully saturated rings. The fraction of sp³-hybridized carbons (Fsp3) is 0.273. The number of aromatic nitrogens is 1. The van der Waals surface area contributed by atoms with E-state index in [0.29, 0.717) is 24.5 Å². The van der Waals surface area contributed by atoms with Crippen LogP contribution >= 0.6 is 11.8 Å². The summed E-state index contributed by atoms with van der Waals surface area (Å²) in [5, 5.41) is 0.965. The number of pyridine rings is 1. The first-order valence-corrected chi connectivity index (χ1v) is 10.1. The molecule has 0 saturated heterocycles. The maximum Gasteiger partial charge on any atom is 0.340 e. The molecular formula is C22H21NO4S. The van der Waals surface area contributed by atoms with Crippen molar-refractivity contribution in [2.24, 2.45) is 0 Å². The van der Waals surface area contributed by atoms with Crippen molar-refractivity contribution in [3.8, 4) is 11.5 Å². The Bertz CT molecular complexity index is 1030. The first-order valence-electron chi connectivity index (χ1n) is 9.16. The lowest BCUT2D eigenvalue weighted by molar-refractivity contribution is 0.0598. The average molecular weight is 395 g/mol. The largest absolute Gasteiger partial charge is 0.490 e. The highest BCUT2D eigenvalue weighted by Gasteiger charge is 2.20. The van der Waals surface area contributed by atoms with Gasteiger partial charge in [-0.05, 0) is 36.8 Å². The van der Waals surface area contributed by atoms with Crippen LogP contribution in [0.1, 0.15) is 28.0 Å². The third kappa shape index (κ3) is 3.64. The molecule has 0 radical (unpaired) electrons. The van der Waals surface area contributed by atoms with Gasteiger partial charge in [-0.1, -0.05) is 18.2 Å². The summed E-state index contributed by atoms with van der Waals surface area (Å²) >= 11 is 1.61. The second kappa shape index (κ2) is 8.10. The molecule has 1 aromatic heterocycles. The summed E-state index contributed by atoms with van der Waals surface area (Å²) in [6.45, 7) is 3.26. The van der Waals surface area contributed by atoms with Gasteiger partial charge >= 0.3 is 5.97 Å². The minimum Gasteiger partial charge on any atom is -0.490 e. The minimum atomic E-state index is -0.356. The topological polar surface area (TPSA) is 57.7 Å². The normalized spacial score (nSPS) is 13.2. The van der Waals surface area contributed by atoms with Crippen LogP contribution in [0.25, 0.3) is 10.9 Å². The van der Waals surface area contributed by atoms with Crippen molar-refractivity contribution in [1.29, 1.82) is 0 Å². The molecule has 0 aliphatic carbocycles. The van der Waals surface area contributed by atoms with Crippen LogP contribution in [-0.4, -0.2) is 31.3 Å². The van der Waals surface area contributed by atoms with Crippen molar-refractivity contribution in [2.45, 2.75) is 24.0 Å². The summed E-state index contributed by atoms with van der Waals surface area (Å²) in [6, 6.07) is 13.8. The molecule has 1 aliphatic rings. The van der Waals surface area contributed by atoms with Gasteiger partial charge in [0.05, 0.1) is 37.1 Å². The Morgan fingerprint density at radius 1 is 1.14 bits per heavy atom. The summed E-state index contributed by atoms with van der Waals surface area (Å²) in [6.07, 6.45) is 0.875. The van der Waals surface area contributed by atoms with Crippen LogP contribution in [0.3, 0.4) is 0 Å². The van der Waals surface area contributed by atoms with E-state index in [0.717, 1.165) is 45.0 Å². The molecule has 2 heterocycles. The monoisotopic (exact) mass is 395 g/mol. The van der Waals surface area contributed by atoms with E-state index in [1.54, 1.807) is 11.8 Å². The lowest BCUT2D eigenvalue weighted by atomic mass is 10.0. The van der Waals surface area contributed by atoms with Gasteiger partial charge in [-0.2, -0.15) is 0 Å². The Labute approximate surface area is 168 Å². The van der Waals surface area contributed by atoms with Gasteiger partial charge in [0.15, 0.2) is 11.5 Å². The van der Waals surface area contributed by atoms with Crippen LogP contribution in [0.15, 0.2) is 47.4 Å². The van der Waals surface area contributed by atoms with E-state index < -0.39 is 0 Å². The van der Waals surface area contributed by atoms with Crippen molar-refractivity contribution < 1.29 is 19.0 Å². The molecule has 28 heavy (non-hydrogen) atoms. The maximum atomic E-state index is 12.4. The van der Waals surface area contributed by atoms with Crippen molar-refractivity contribution >= 4 is 28.6 Å². The van der Waals surface area contributed by atoms with E-state index in [-0.39, 0.29) is 5.97 Å². The maximum absolute atomic E-state index is 12.4. The third-order valence-corrected chi connectivity index (χ3v) is 5.72. The number of fused-ring (bicyclic) bond motifs is 2. The van der Waals surface area contributed by atoms with Crippen molar-refractivity contribution in [1.82, 2.24) is 4.98 Å². The van der Waals surface area contributed by atoms with Gasteiger partial charge in [-0.15, -0.1) is 11.8 Å². The van der Waals surface area contributed by atoms with Crippen molar-refractivity contribution in [2.75, 3.05) is 20.3 Å². The van der Waals surface area contributed by atoms with E-state index in [1.165, 1.54) is 7.11 Å². The Morgan fingerprint density at radius 2 is 1.93 bits per heavy atom. The molecule has 0 atom stereocenters. The first-order chi connectivity index (χ1) is 13.7. The molecule has 3 aromatic rings. The van der Waals surface area contributed by atoms with Gasteiger partial charge in [-0.3, -0.25) is 4.98 Å². The van der Waals surface area contributed by atoms with Crippen LogP contribution < -0.4 is 9.47 Å². The molecule has 2 aromatic carbocycles. The van der Waals surface area contributed by atoms with Gasteiger partial charge in [0.25, 0.3) is 0 Å². The number of hydrogen-bond acceptors (Lipinski definition) is 6. The number of carbonyl (C=O) groups excluding carboxylic acids is 1. The highest BCUT2D eigenvalue weighted by atomic mass is 32.2. The lowest BCUT2D eigenvalue weighted by Crippen LogP contribution is -2.10. The molecule has 0 unspecified atom stereocenters. The number of methoxy groups -OCH3 is 1. The average Bonchev–Trinajstić information content (AvgIpc) is 2.97. The van der Waals surface area contributed by atoms with E-state index in [9.17, 15) is 4.79 Å².